The predicted octanol–water partition coefficient (Wildman–Crippen LogP) is -1.85. The normalized spacial score (nSPS) is 6.67. The van der Waals surface area contributed by atoms with Crippen LogP contribution in [0.5, 0.6) is 0 Å². The summed E-state index contributed by atoms with van der Waals surface area (Å²) in [6.07, 6.45) is 0.819. The van der Waals surface area contributed by atoms with Gasteiger partial charge in [-0.2, -0.15) is 0 Å². The Morgan fingerprint density at radius 1 is 1.22 bits per heavy atom. The van der Waals surface area contributed by atoms with Crippen LogP contribution in [0.25, 0.3) is 0 Å². The molecule has 0 atom stereocenters. The Hall–Kier alpha value is 0.170. The molecule has 0 aromatic carbocycles. The van der Waals surface area contributed by atoms with E-state index in [0.717, 1.165) is 6.42 Å². The molecule has 3 nitrogen and oxygen atoms in total. The maximum atomic E-state index is 9.74. The minimum absolute atomic E-state index is 0. The summed E-state index contributed by atoms with van der Waals surface area (Å²) in [6, 6.07) is 0. The Morgan fingerprint density at radius 2 is 1.56 bits per heavy atom. The van der Waals surface area contributed by atoms with E-state index in [1.807, 2.05) is 0 Å². The van der Waals surface area contributed by atoms with Gasteiger partial charge in [-0.1, -0.05) is 20.3 Å². The second-order valence-electron chi connectivity index (χ2n) is 1.89. The third kappa shape index (κ3) is 31.0. The molecule has 0 aliphatic rings. The van der Waals surface area contributed by atoms with Crippen LogP contribution < -0.4 is 29.8 Å². The Bertz CT molecular complexity index is 36.1. The van der Waals surface area contributed by atoms with Crippen molar-refractivity contribution in [2.75, 3.05) is 6.61 Å². The number of hydrogen-bond acceptors (Lipinski definition) is 1. The van der Waals surface area contributed by atoms with E-state index in [-0.39, 0.29) is 31.3 Å². The summed E-state index contributed by atoms with van der Waals surface area (Å²) < 4.78 is 0. The molecule has 0 heterocycles. The molecule has 8 N–H and O–H groups in total. The van der Waals surface area contributed by atoms with E-state index < -0.39 is 0 Å². The lowest BCUT2D eigenvalue weighted by molar-refractivity contribution is -0.369. The first kappa shape index (κ1) is 22.9. The maximum Gasteiger partial charge on any atom is -0.0484 e. The Morgan fingerprint density at radius 3 is 1.56 bits per heavy atom. The van der Waals surface area contributed by atoms with Crippen LogP contribution in [-0.2, 0) is 0 Å². The number of halogens is 1. The Balaban J connectivity index is -0.0000000417. The van der Waals surface area contributed by atoms with Crippen LogP contribution in [0.15, 0.2) is 0 Å². The average Bonchev–Trinajstić information content (AvgIpc) is 1.35. The fourth-order valence-corrected chi connectivity index (χ4v) is 0.236. The van der Waals surface area contributed by atoms with Gasteiger partial charge in [-0.25, -0.2) is 0 Å². The first-order chi connectivity index (χ1) is 2.77. The molecule has 0 amide bonds. The van der Waals surface area contributed by atoms with Crippen LogP contribution in [0.3, 0.4) is 0 Å². The van der Waals surface area contributed by atoms with E-state index >= 15 is 0 Å². The van der Waals surface area contributed by atoms with E-state index in [2.05, 4.69) is 13.8 Å². The molecule has 0 aromatic rings. The quantitative estimate of drug-likeness (QED) is 0.485. The van der Waals surface area contributed by atoms with Gasteiger partial charge in [-0.3, -0.25) is 0 Å². The summed E-state index contributed by atoms with van der Waals surface area (Å²) in [5, 5.41) is 9.74. The van der Waals surface area contributed by atoms with Crippen molar-refractivity contribution >= 4 is 0 Å². The van der Waals surface area contributed by atoms with E-state index in [1.54, 1.807) is 0 Å². The number of hydrogen-bond donors (Lipinski definition) is 2. The van der Waals surface area contributed by atoms with Crippen LogP contribution in [0, 0.1) is 5.92 Å². The first-order valence-electron chi connectivity index (χ1n) is 2.35. The molecule has 0 radical (unpaired) electrons. The zero-order valence-electron chi connectivity index (χ0n) is 6.78. The highest BCUT2D eigenvalue weighted by Gasteiger charge is 1.82. The topological polar surface area (TPSA) is 96.1 Å². The van der Waals surface area contributed by atoms with Crippen molar-refractivity contribution in [3.63, 3.8) is 0 Å². The van der Waals surface area contributed by atoms with Crippen molar-refractivity contribution in [2.45, 2.75) is 20.3 Å². The highest BCUT2D eigenvalue weighted by atomic mass is 35.5. The van der Waals surface area contributed by atoms with Crippen molar-refractivity contribution < 1.29 is 17.5 Å². The zero-order chi connectivity index (χ0) is 4.99. The number of quaternary nitrogens is 2. The van der Waals surface area contributed by atoms with Gasteiger partial charge in [-0.05, 0) is 5.92 Å². The standard InChI is InChI=1S/C5H11O.ClH.2H3N/c1-5(2)3-4-6;;;/h5H,3-4H2,1-2H3;1H;2*1H3/q-1;;;/p+1. The molecule has 0 saturated carbocycles. The summed E-state index contributed by atoms with van der Waals surface area (Å²) in [5.41, 5.74) is 0. The van der Waals surface area contributed by atoms with Crippen LogP contribution in [0.1, 0.15) is 20.3 Å². The van der Waals surface area contributed by atoms with Gasteiger partial charge < -0.3 is 29.8 Å². The summed E-state index contributed by atoms with van der Waals surface area (Å²) >= 11 is 0. The molecule has 0 saturated heterocycles. The molecule has 0 rings (SSSR count). The third-order valence-electron chi connectivity index (χ3n) is 0.695. The maximum absolute atomic E-state index is 9.74. The second kappa shape index (κ2) is 15.7. The van der Waals surface area contributed by atoms with E-state index in [4.69, 9.17) is 0 Å². The predicted molar refractivity (Wildman–Crippen MR) is 36.3 cm³/mol. The lowest BCUT2D eigenvalue weighted by atomic mass is 10.2. The van der Waals surface area contributed by atoms with Crippen LogP contribution in [-0.4, -0.2) is 6.61 Å². The molecule has 0 spiro atoms. The monoisotopic (exact) mass is 158 g/mol. The van der Waals surface area contributed by atoms with Crippen molar-refractivity contribution in [1.29, 1.82) is 0 Å². The fourth-order valence-electron chi connectivity index (χ4n) is 0.236. The Labute approximate surface area is 63.4 Å². The largest absolute Gasteiger partial charge is 1.00 e. The Kier molecular flexibility index (Phi) is 40.0. The van der Waals surface area contributed by atoms with Crippen LogP contribution in [0.2, 0.25) is 0 Å². The minimum atomic E-state index is 0. The van der Waals surface area contributed by atoms with E-state index in [1.165, 1.54) is 0 Å². The zero-order valence-corrected chi connectivity index (χ0v) is 7.53. The SMILES string of the molecule is CC(C)CC[O-].[Cl-].[NH4+].[NH4+]. The van der Waals surface area contributed by atoms with Crippen molar-refractivity contribution in [2.24, 2.45) is 5.92 Å². The van der Waals surface area contributed by atoms with Gasteiger partial charge in [-0.15, -0.1) is 6.61 Å². The minimum Gasteiger partial charge on any atom is -1.00 e. The van der Waals surface area contributed by atoms with E-state index in [9.17, 15) is 5.11 Å². The van der Waals surface area contributed by atoms with Crippen LogP contribution >= 0.6 is 0 Å². The highest BCUT2D eigenvalue weighted by molar-refractivity contribution is 4.37. The summed E-state index contributed by atoms with van der Waals surface area (Å²) in [4.78, 5) is 0. The molecule has 0 fully saturated rings. The third-order valence-corrected chi connectivity index (χ3v) is 0.695. The molecule has 0 unspecified atom stereocenters. The molecule has 0 aromatic heterocycles. The molecule has 0 aliphatic heterocycles. The van der Waals surface area contributed by atoms with Crippen molar-refractivity contribution in [3.8, 4) is 0 Å². The molecular weight excluding hydrogens is 140 g/mol. The van der Waals surface area contributed by atoms with Gasteiger partial charge in [0, 0.05) is 0 Å². The first-order valence-corrected chi connectivity index (χ1v) is 2.35. The van der Waals surface area contributed by atoms with Crippen LogP contribution in [0.4, 0.5) is 0 Å². The lowest BCUT2D eigenvalue weighted by Gasteiger charge is -2.04. The van der Waals surface area contributed by atoms with Crippen molar-refractivity contribution in [1.82, 2.24) is 12.3 Å². The molecule has 4 heteroatoms. The summed E-state index contributed by atoms with van der Waals surface area (Å²) in [5.74, 6) is 0.586. The molecule has 9 heavy (non-hydrogen) atoms. The van der Waals surface area contributed by atoms with Crippen molar-refractivity contribution in [3.05, 3.63) is 0 Å². The average molecular weight is 159 g/mol. The van der Waals surface area contributed by atoms with Gasteiger partial charge in [0.05, 0.1) is 0 Å². The van der Waals surface area contributed by atoms with E-state index in [0.29, 0.717) is 5.92 Å². The summed E-state index contributed by atoms with van der Waals surface area (Å²) in [7, 11) is 0. The molecule has 0 bridgehead atoms. The summed E-state index contributed by atoms with van der Waals surface area (Å²) in [6.45, 7) is 4.19. The van der Waals surface area contributed by atoms with Gasteiger partial charge >= 0.3 is 0 Å². The smallest absolute Gasteiger partial charge is 0.0484 e. The fraction of sp³-hybridized carbons (Fsp3) is 1.00. The van der Waals surface area contributed by atoms with Gasteiger partial charge in [0.15, 0.2) is 0 Å². The van der Waals surface area contributed by atoms with Gasteiger partial charge in [0.25, 0.3) is 0 Å². The second-order valence-corrected chi connectivity index (χ2v) is 1.89. The molecular formula is C5H19ClN2O. The molecule has 62 valence electrons. The number of rotatable bonds is 2. The van der Waals surface area contributed by atoms with Gasteiger partial charge in [0.2, 0.25) is 0 Å². The molecule has 0 aliphatic carbocycles. The highest BCUT2D eigenvalue weighted by Crippen LogP contribution is 1.93. The lowest BCUT2D eigenvalue weighted by Crippen LogP contribution is -3.00. The van der Waals surface area contributed by atoms with Gasteiger partial charge in [0.1, 0.15) is 0 Å².